The van der Waals surface area contributed by atoms with Crippen molar-refractivity contribution in [2.45, 2.75) is 26.3 Å². The van der Waals surface area contributed by atoms with Crippen molar-refractivity contribution in [2.75, 3.05) is 25.7 Å². The van der Waals surface area contributed by atoms with Crippen LogP contribution in [0, 0.1) is 0 Å². The predicted molar refractivity (Wildman–Crippen MR) is 151 cm³/mol. The first-order valence-electron chi connectivity index (χ1n) is 12.6. The predicted octanol–water partition coefficient (Wildman–Crippen LogP) is 5.90. The molecule has 1 atom stereocenters. The van der Waals surface area contributed by atoms with Crippen molar-refractivity contribution >= 4 is 44.1 Å². The number of benzene rings is 3. The van der Waals surface area contributed by atoms with Crippen LogP contribution >= 0.6 is 11.3 Å². The van der Waals surface area contributed by atoms with Gasteiger partial charge in [0.15, 0.2) is 16.6 Å². The lowest BCUT2D eigenvalue weighted by molar-refractivity contribution is -0.132. The third-order valence-electron chi connectivity index (χ3n) is 6.66. The van der Waals surface area contributed by atoms with Crippen LogP contribution in [0.25, 0.3) is 16.0 Å². The van der Waals surface area contributed by atoms with Gasteiger partial charge in [-0.1, -0.05) is 30.4 Å². The van der Waals surface area contributed by atoms with E-state index in [0.717, 1.165) is 22.2 Å². The summed E-state index contributed by atoms with van der Waals surface area (Å²) in [5.74, 6) is -0.290. The van der Waals surface area contributed by atoms with Crippen LogP contribution in [0.5, 0.6) is 17.2 Å². The van der Waals surface area contributed by atoms with Crippen LogP contribution in [0.3, 0.4) is 0 Å². The molecule has 1 amide bonds. The van der Waals surface area contributed by atoms with Crippen molar-refractivity contribution in [1.29, 1.82) is 0 Å². The first kappa shape index (κ1) is 26.2. The maximum absolute atomic E-state index is 13.6. The second-order valence-corrected chi connectivity index (χ2v) is 9.90. The first-order chi connectivity index (χ1) is 18.9. The van der Waals surface area contributed by atoms with Gasteiger partial charge in [-0.15, -0.1) is 0 Å². The summed E-state index contributed by atoms with van der Waals surface area (Å²) in [7, 11) is 3.04. The number of hydrogen-bond donors (Lipinski definition) is 1. The molecule has 5 rings (SSSR count). The van der Waals surface area contributed by atoms with E-state index < -0.39 is 17.7 Å². The first-order valence-corrected chi connectivity index (χ1v) is 13.4. The topological polar surface area (TPSA) is 98.2 Å². The minimum Gasteiger partial charge on any atom is -0.507 e. The Morgan fingerprint density at radius 2 is 1.72 bits per heavy atom. The standard InChI is InChI=1S/C30H28N2O6S/c1-5-17-7-13-21-24(15-17)39-30(31-21)32-26(19-10-14-22(36-3)23(16-19)37-4)25(28(34)29(32)35)27(33)18-8-11-20(12-9-18)38-6-2/h7-16,26,33H,5-6H2,1-4H3/b27-25+. The van der Waals surface area contributed by atoms with Crippen molar-refractivity contribution < 1.29 is 28.9 Å². The zero-order valence-corrected chi connectivity index (χ0v) is 22.9. The Hall–Kier alpha value is -4.37. The van der Waals surface area contributed by atoms with Crippen molar-refractivity contribution in [3.05, 3.63) is 82.9 Å². The molecule has 3 aromatic carbocycles. The van der Waals surface area contributed by atoms with Gasteiger partial charge < -0.3 is 19.3 Å². The zero-order chi connectivity index (χ0) is 27.7. The van der Waals surface area contributed by atoms with Crippen molar-refractivity contribution in [3.8, 4) is 17.2 Å². The molecule has 0 radical (unpaired) electrons. The van der Waals surface area contributed by atoms with Gasteiger partial charge in [0.2, 0.25) is 0 Å². The monoisotopic (exact) mass is 544 g/mol. The van der Waals surface area contributed by atoms with Crippen LogP contribution in [-0.4, -0.2) is 42.6 Å². The molecule has 8 nitrogen and oxygen atoms in total. The zero-order valence-electron chi connectivity index (χ0n) is 22.1. The normalized spacial score (nSPS) is 16.6. The Bertz CT molecular complexity index is 1590. The molecular formula is C30H28N2O6S. The number of ketones is 1. The lowest BCUT2D eigenvalue weighted by Gasteiger charge is -2.23. The van der Waals surface area contributed by atoms with Gasteiger partial charge in [0.05, 0.1) is 42.7 Å². The van der Waals surface area contributed by atoms with Crippen molar-refractivity contribution in [2.24, 2.45) is 0 Å². The molecule has 4 aromatic rings. The Morgan fingerprint density at radius 3 is 2.38 bits per heavy atom. The summed E-state index contributed by atoms with van der Waals surface area (Å²) in [6.45, 7) is 4.45. The fourth-order valence-electron chi connectivity index (χ4n) is 4.68. The van der Waals surface area contributed by atoms with E-state index in [0.29, 0.717) is 40.1 Å². The fourth-order valence-corrected chi connectivity index (χ4v) is 5.74. The minimum absolute atomic E-state index is 0.0371. The number of aliphatic hydroxyl groups excluding tert-OH is 1. The Labute approximate surface area is 230 Å². The molecule has 1 aliphatic heterocycles. The number of Topliss-reactive ketones (excluding diaryl/α,β-unsaturated/α-hetero) is 1. The van der Waals surface area contributed by atoms with Crippen molar-refractivity contribution in [1.82, 2.24) is 4.98 Å². The minimum atomic E-state index is -0.942. The second kappa shape index (κ2) is 10.8. The summed E-state index contributed by atoms with van der Waals surface area (Å²) in [6, 6.07) is 16.9. The largest absolute Gasteiger partial charge is 0.507 e. The van der Waals surface area contributed by atoms with Crippen LogP contribution in [-0.2, 0) is 16.0 Å². The van der Waals surface area contributed by atoms with Gasteiger partial charge in [0.1, 0.15) is 11.5 Å². The Kier molecular flexibility index (Phi) is 7.26. The molecule has 1 fully saturated rings. The van der Waals surface area contributed by atoms with Crippen LogP contribution in [0.15, 0.2) is 66.2 Å². The molecule has 9 heteroatoms. The van der Waals surface area contributed by atoms with Crippen LogP contribution < -0.4 is 19.1 Å². The van der Waals surface area contributed by atoms with Gasteiger partial charge in [-0.05, 0) is 73.0 Å². The Morgan fingerprint density at radius 1 is 0.974 bits per heavy atom. The van der Waals surface area contributed by atoms with Gasteiger partial charge in [0.25, 0.3) is 5.78 Å². The highest BCUT2D eigenvalue weighted by Crippen LogP contribution is 2.46. The van der Waals surface area contributed by atoms with E-state index in [1.54, 1.807) is 42.5 Å². The lowest BCUT2D eigenvalue weighted by atomic mass is 9.95. The van der Waals surface area contributed by atoms with E-state index in [9.17, 15) is 14.7 Å². The number of ether oxygens (including phenoxy) is 3. The number of aromatic nitrogens is 1. The molecule has 0 spiro atoms. The van der Waals surface area contributed by atoms with Crippen LogP contribution in [0.2, 0.25) is 0 Å². The van der Waals surface area contributed by atoms with Gasteiger partial charge in [-0.2, -0.15) is 0 Å². The average Bonchev–Trinajstić information content (AvgIpc) is 3.50. The third kappa shape index (κ3) is 4.70. The molecule has 1 aliphatic rings. The van der Waals surface area contributed by atoms with E-state index >= 15 is 0 Å². The van der Waals surface area contributed by atoms with Crippen LogP contribution in [0.1, 0.15) is 36.6 Å². The number of amides is 1. The van der Waals surface area contributed by atoms with Gasteiger partial charge >= 0.3 is 5.91 Å². The van der Waals surface area contributed by atoms with Gasteiger partial charge in [-0.3, -0.25) is 14.5 Å². The van der Waals surface area contributed by atoms with Crippen LogP contribution in [0.4, 0.5) is 5.13 Å². The maximum atomic E-state index is 13.6. The summed E-state index contributed by atoms with van der Waals surface area (Å²) >= 11 is 1.33. The maximum Gasteiger partial charge on any atom is 0.301 e. The molecular weight excluding hydrogens is 516 g/mol. The molecule has 1 unspecified atom stereocenters. The molecule has 0 saturated carbocycles. The summed E-state index contributed by atoms with van der Waals surface area (Å²) in [5.41, 5.74) is 2.79. The SMILES string of the molecule is CCOc1ccc(/C(O)=C2\C(=O)C(=O)N(c3nc4ccc(CC)cc4s3)C2c2ccc(OC)c(OC)c2)cc1. The van der Waals surface area contributed by atoms with E-state index in [4.69, 9.17) is 19.2 Å². The second-order valence-electron chi connectivity index (χ2n) is 8.89. The number of methoxy groups -OCH3 is 2. The van der Waals surface area contributed by atoms with Crippen molar-refractivity contribution in [3.63, 3.8) is 0 Å². The number of aliphatic hydroxyl groups is 1. The number of nitrogens with zero attached hydrogens (tertiary/aromatic N) is 2. The highest BCUT2D eigenvalue weighted by Gasteiger charge is 2.48. The number of carbonyl (C=O) groups excluding carboxylic acids is 2. The average molecular weight is 545 g/mol. The summed E-state index contributed by atoms with van der Waals surface area (Å²) in [5, 5.41) is 11.8. The Balaban J connectivity index is 1.70. The third-order valence-corrected chi connectivity index (χ3v) is 7.68. The van der Waals surface area contributed by atoms with E-state index in [1.807, 2.05) is 25.1 Å². The number of thiazole rings is 1. The number of fused-ring (bicyclic) bond motifs is 1. The van der Waals surface area contributed by atoms with Gasteiger partial charge in [-0.25, -0.2) is 4.98 Å². The number of anilines is 1. The fraction of sp³-hybridized carbons (Fsp3) is 0.233. The number of rotatable bonds is 8. The van der Waals surface area contributed by atoms with Gasteiger partial charge in [0, 0.05) is 5.56 Å². The molecule has 1 aromatic heterocycles. The quantitative estimate of drug-likeness (QED) is 0.168. The molecule has 200 valence electrons. The van der Waals surface area contributed by atoms with E-state index in [-0.39, 0.29) is 11.3 Å². The van der Waals surface area contributed by atoms with E-state index in [1.165, 1.54) is 30.5 Å². The number of carbonyl (C=O) groups is 2. The number of aryl methyl sites for hydroxylation is 1. The highest BCUT2D eigenvalue weighted by molar-refractivity contribution is 7.22. The molecule has 1 N–H and O–H groups in total. The number of hydrogen-bond acceptors (Lipinski definition) is 8. The summed E-state index contributed by atoms with van der Waals surface area (Å²) in [4.78, 5) is 33.2. The molecule has 39 heavy (non-hydrogen) atoms. The molecule has 0 bridgehead atoms. The molecule has 1 saturated heterocycles. The molecule has 2 heterocycles. The lowest BCUT2D eigenvalue weighted by Crippen LogP contribution is -2.29. The smallest absolute Gasteiger partial charge is 0.301 e. The summed E-state index contributed by atoms with van der Waals surface area (Å²) < 4.78 is 17.3. The summed E-state index contributed by atoms with van der Waals surface area (Å²) in [6.07, 6.45) is 0.863. The highest BCUT2D eigenvalue weighted by atomic mass is 32.1. The van der Waals surface area contributed by atoms with E-state index in [2.05, 4.69) is 6.92 Å². The molecule has 0 aliphatic carbocycles.